The van der Waals surface area contributed by atoms with Crippen molar-refractivity contribution in [3.8, 4) is 11.9 Å². The van der Waals surface area contributed by atoms with E-state index in [0.29, 0.717) is 30.1 Å². The van der Waals surface area contributed by atoms with Gasteiger partial charge in [0, 0.05) is 60.2 Å². The number of ether oxygens (including phenoxy) is 1. The maximum atomic E-state index is 14.3. The summed E-state index contributed by atoms with van der Waals surface area (Å²) in [5, 5.41) is 27.4. The molecule has 4 aromatic heterocycles. The summed E-state index contributed by atoms with van der Waals surface area (Å²) in [6, 6.07) is 11.9. The Labute approximate surface area is 252 Å². The maximum absolute atomic E-state index is 14.3. The molecule has 0 unspecified atom stereocenters. The van der Waals surface area contributed by atoms with Crippen molar-refractivity contribution in [2.45, 2.75) is 51.8 Å². The van der Waals surface area contributed by atoms with E-state index in [9.17, 15) is 14.3 Å². The monoisotopic (exact) mass is 595 g/mol. The highest BCUT2D eigenvalue weighted by Crippen LogP contribution is 2.30. The van der Waals surface area contributed by atoms with Crippen LogP contribution in [0.5, 0.6) is 5.88 Å². The number of hydrogen-bond donors (Lipinski definition) is 1. The molecular weight excluding hydrogens is 565 g/mol. The minimum absolute atomic E-state index is 0.0184. The van der Waals surface area contributed by atoms with Gasteiger partial charge in [0.25, 0.3) is 0 Å². The fourth-order valence-corrected chi connectivity index (χ4v) is 5.51. The largest absolute Gasteiger partial charge is 0.476 e. The third-order valence-corrected chi connectivity index (χ3v) is 7.94. The van der Waals surface area contributed by atoms with Gasteiger partial charge in [0.15, 0.2) is 11.3 Å². The van der Waals surface area contributed by atoms with Gasteiger partial charge in [-0.25, -0.2) is 24.1 Å². The van der Waals surface area contributed by atoms with Crippen LogP contribution in [-0.2, 0) is 26.1 Å². The molecule has 6 rings (SSSR count). The molecule has 0 amide bonds. The predicted molar refractivity (Wildman–Crippen MR) is 155 cm³/mol. The van der Waals surface area contributed by atoms with Gasteiger partial charge >= 0.3 is 5.97 Å². The van der Waals surface area contributed by atoms with Crippen LogP contribution < -0.4 is 4.74 Å². The number of piperidine rings is 1. The smallest absolute Gasteiger partial charge is 0.356 e. The molecule has 5 aromatic rings. The number of carboxylic acid groups (broad SMARTS) is 1. The van der Waals surface area contributed by atoms with E-state index in [0.717, 1.165) is 55.1 Å². The Morgan fingerprint density at radius 1 is 1.18 bits per heavy atom. The first-order chi connectivity index (χ1) is 21.4. The number of halogens is 1. The summed E-state index contributed by atoms with van der Waals surface area (Å²) in [7, 11) is 0. The molecule has 224 valence electrons. The number of rotatable bonds is 10. The van der Waals surface area contributed by atoms with Crippen LogP contribution in [-0.4, -0.2) is 63.4 Å². The van der Waals surface area contributed by atoms with Gasteiger partial charge in [-0.2, -0.15) is 15.5 Å². The van der Waals surface area contributed by atoms with Crippen LogP contribution in [0.15, 0.2) is 55.1 Å². The first-order valence-electron chi connectivity index (χ1n) is 14.4. The highest BCUT2D eigenvalue weighted by Gasteiger charge is 2.25. The lowest BCUT2D eigenvalue weighted by atomic mass is 9.93. The maximum Gasteiger partial charge on any atom is 0.356 e. The molecule has 0 spiro atoms. The number of likely N-dealkylation sites (tertiary alicyclic amines) is 1. The zero-order valence-electron chi connectivity index (χ0n) is 24.1. The highest BCUT2D eigenvalue weighted by atomic mass is 19.1. The fourth-order valence-electron chi connectivity index (χ4n) is 5.51. The van der Waals surface area contributed by atoms with Gasteiger partial charge in [0.05, 0.1) is 29.9 Å². The van der Waals surface area contributed by atoms with E-state index in [1.165, 1.54) is 16.9 Å². The molecule has 5 heterocycles. The summed E-state index contributed by atoms with van der Waals surface area (Å²) in [6.07, 6.45) is 7.06. The van der Waals surface area contributed by atoms with Crippen molar-refractivity contribution >= 4 is 11.6 Å². The van der Waals surface area contributed by atoms with Crippen LogP contribution in [0.3, 0.4) is 0 Å². The molecule has 44 heavy (non-hydrogen) atoms. The molecule has 12 nitrogen and oxygen atoms in total. The van der Waals surface area contributed by atoms with Crippen molar-refractivity contribution in [2.75, 3.05) is 13.1 Å². The number of nitrogens with zero attached hydrogens (tertiary/aromatic N) is 9. The van der Waals surface area contributed by atoms with Gasteiger partial charge in [0.1, 0.15) is 12.4 Å². The Morgan fingerprint density at radius 2 is 2.02 bits per heavy atom. The average Bonchev–Trinajstić information content (AvgIpc) is 3.64. The summed E-state index contributed by atoms with van der Waals surface area (Å²) >= 11 is 0. The molecule has 0 bridgehead atoms. The number of fused-ring (bicyclic) bond motifs is 1. The van der Waals surface area contributed by atoms with Gasteiger partial charge in [-0.05, 0) is 51.1 Å². The van der Waals surface area contributed by atoms with E-state index in [2.05, 4.69) is 20.0 Å². The summed E-state index contributed by atoms with van der Waals surface area (Å²) in [6.45, 7) is 5.02. The van der Waals surface area contributed by atoms with E-state index < -0.39 is 11.8 Å². The minimum atomic E-state index is -1.14. The second kappa shape index (κ2) is 12.6. The van der Waals surface area contributed by atoms with Crippen molar-refractivity contribution in [1.29, 1.82) is 5.26 Å². The molecule has 1 aliphatic rings. The Kier molecular flexibility index (Phi) is 8.25. The van der Waals surface area contributed by atoms with Crippen LogP contribution in [0.25, 0.3) is 5.65 Å². The molecule has 1 N–H and O–H groups in total. The van der Waals surface area contributed by atoms with Gasteiger partial charge in [-0.15, -0.1) is 4.63 Å². The molecule has 1 aliphatic heterocycles. The molecule has 0 atom stereocenters. The molecule has 0 radical (unpaired) electrons. The van der Waals surface area contributed by atoms with E-state index in [-0.39, 0.29) is 23.8 Å². The number of carbonyl (C=O) groups is 1. The van der Waals surface area contributed by atoms with Crippen molar-refractivity contribution in [2.24, 2.45) is 0 Å². The fraction of sp³-hybridized carbons (Fsp3) is 0.323. The second-order valence-corrected chi connectivity index (χ2v) is 10.7. The molecule has 13 heteroatoms. The van der Waals surface area contributed by atoms with E-state index in [1.54, 1.807) is 24.5 Å². The highest BCUT2D eigenvalue weighted by molar-refractivity contribution is 5.85. The first kappa shape index (κ1) is 28.9. The third-order valence-electron chi connectivity index (χ3n) is 7.94. The topological polar surface area (TPSA) is 147 Å². The van der Waals surface area contributed by atoms with E-state index in [1.807, 2.05) is 35.9 Å². The Bertz CT molecular complexity index is 1850. The third kappa shape index (κ3) is 6.11. The predicted octanol–water partition coefficient (Wildman–Crippen LogP) is 3.99. The summed E-state index contributed by atoms with van der Waals surface area (Å²) in [5.74, 6) is -0.956. The number of nitriles is 1. The number of aromatic nitrogens is 7. The number of aromatic carboxylic acids is 1. The lowest BCUT2D eigenvalue weighted by Gasteiger charge is -2.31. The molecule has 0 aliphatic carbocycles. The number of imidazole rings is 1. The zero-order chi connectivity index (χ0) is 30.6. The molecule has 1 saturated heterocycles. The van der Waals surface area contributed by atoms with Crippen molar-refractivity contribution in [3.05, 3.63) is 100 Å². The molecule has 1 aromatic carbocycles. The number of pyridine rings is 1. The molecular formula is C31H30FN9O3. The minimum Gasteiger partial charge on any atom is -0.476 e. The molecule has 1 fully saturated rings. The van der Waals surface area contributed by atoms with Gasteiger partial charge in [-0.1, -0.05) is 12.1 Å². The SMILES string of the molecule is CCn1cncc1Cc1c(CN2CCC(c3cccc(OCc4ccc(C#N)cc4F)n3)CC2)nn2ncc(C(=O)O)nc12. The van der Waals surface area contributed by atoms with Crippen LogP contribution in [0.2, 0.25) is 0 Å². The normalized spacial score (nSPS) is 14.1. The number of carboxylic acids is 1. The van der Waals surface area contributed by atoms with Gasteiger partial charge < -0.3 is 14.4 Å². The van der Waals surface area contributed by atoms with E-state index >= 15 is 0 Å². The van der Waals surface area contributed by atoms with Crippen molar-refractivity contribution in [1.82, 2.24) is 39.2 Å². The van der Waals surface area contributed by atoms with Crippen molar-refractivity contribution < 1.29 is 19.0 Å². The molecule has 0 saturated carbocycles. The second-order valence-electron chi connectivity index (χ2n) is 10.7. The lowest BCUT2D eigenvalue weighted by molar-refractivity contribution is 0.0690. The van der Waals surface area contributed by atoms with Crippen molar-refractivity contribution in [3.63, 3.8) is 0 Å². The number of aryl methyl sites for hydroxylation is 1. The van der Waals surface area contributed by atoms with Crippen LogP contribution in [0.1, 0.15) is 69.9 Å². The Balaban J connectivity index is 1.14. The summed E-state index contributed by atoms with van der Waals surface area (Å²) in [4.78, 5) is 27.3. The number of benzene rings is 1. The Hall–Kier alpha value is -5.22. The van der Waals surface area contributed by atoms with E-state index in [4.69, 9.17) is 20.1 Å². The average molecular weight is 596 g/mol. The summed E-state index contributed by atoms with van der Waals surface area (Å²) in [5.41, 5.74) is 4.48. The Morgan fingerprint density at radius 3 is 2.77 bits per heavy atom. The first-order valence-corrected chi connectivity index (χ1v) is 14.4. The zero-order valence-corrected chi connectivity index (χ0v) is 24.1. The van der Waals surface area contributed by atoms with Gasteiger partial charge in [-0.3, -0.25) is 4.90 Å². The van der Waals surface area contributed by atoms with Crippen LogP contribution in [0.4, 0.5) is 4.39 Å². The number of hydrogen-bond acceptors (Lipinski definition) is 9. The van der Waals surface area contributed by atoms with Gasteiger partial charge in [0.2, 0.25) is 5.88 Å². The standard InChI is InChI=1S/C31H30FN9O3/c1-2-40-19-34-15-23(40)13-24-28(38-41-30(24)37-27(16-35-41)31(42)43)17-39-10-8-21(9-11-39)26-4-3-5-29(36-26)44-18-22-7-6-20(14-33)12-25(22)32/h3-7,12,15-16,19,21H,2,8-11,13,17-18H2,1H3,(H,42,43). The quantitative estimate of drug-likeness (QED) is 0.251. The lowest BCUT2D eigenvalue weighted by Crippen LogP contribution is -2.33. The summed E-state index contributed by atoms with van der Waals surface area (Å²) < 4.78 is 23.5. The van der Waals surface area contributed by atoms with Crippen LogP contribution in [0, 0.1) is 17.1 Å². The van der Waals surface area contributed by atoms with Crippen LogP contribution >= 0.6 is 0 Å².